The van der Waals surface area contributed by atoms with Crippen molar-refractivity contribution in [3.63, 3.8) is 0 Å². The van der Waals surface area contributed by atoms with Gasteiger partial charge in [0.15, 0.2) is 0 Å². The molecular formula is C14H16F3N3O4. The van der Waals surface area contributed by atoms with Gasteiger partial charge in [-0.15, -0.1) is 0 Å². The van der Waals surface area contributed by atoms with Crippen molar-refractivity contribution in [2.45, 2.75) is 12.6 Å². The van der Waals surface area contributed by atoms with Crippen LogP contribution in [0.2, 0.25) is 0 Å². The van der Waals surface area contributed by atoms with Crippen molar-refractivity contribution in [1.29, 1.82) is 0 Å². The summed E-state index contributed by atoms with van der Waals surface area (Å²) < 4.78 is 43.9. The van der Waals surface area contributed by atoms with E-state index < -0.39 is 28.4 Å². The van der Waals surface area contributed by atoms with Crippen molar-refractivity contribution in [1.82, 2.24) is 4.90 Å². The average molecular weight is 347 g/mol. The minimum absolute atomic E-state index is 0.160. The molecule has 0 spiro atoms. The van der Waals surface area contributed by atoms with Gasteiger partial charge in [0.1, 0.15) is 5.56 Å². The molecule has 1 saturated heterocycles. The Morgan fingerprint density at radius 3 is 2.75 bits per heavy atom. The fraction of sp³-hybridized carbons (Fsp3) is 0.500. The highest BCUT2D eigenvalue weighted by molar-refractivity contribution is 5.89. The molecule has 24 heavy (non-hydrogen) atoms. The summed E-state index contributed by atoms with van der Waals surface area (Å²) >= 11 is 0. The van der Waals surface area contributed by atoms with Gasteiger partial charge >= 0.3 is 12.2 Å². The van der Waals surface area contributed by atoms with Gasteiger partial charge in [-0.2, -0.15) is 13.2 Å². The quantitative estimate of drug-likeness (QED) is 0.670. The summed E-state index contributed by atoms with van der Waals surface area (Å²) in [7, 11) is 1.52. The Morgan fingerprint density at radius 2 is 2.21 bits per heavy atom. The van der Waals surface area contributed by atoms with Crippen molar-refractivity contribution in [3.05, 3.63) is 33.9 Å². The Balaban J connectivity index is 2.11. The molecule has 2 amide bonds. The standard InChI is InChI=1S/C14H16F3N3O4/c1-19(7-9-4-5-24-8-9)13(21)18-10-2-3-12(20(22)23)11(6-10)14(15,16)17/h2-3,6,9H,4-5,7-8H2,1H3,(H,18,21)/t9-/m0/s1. The maximum absolute atomic E-state index is 12.9. The molecule has 1 aromatic rings. The second-order valence-electron chi connectivity index (χ2n) is 5.53. The van der Waals surface area contributed by atoms with Crippen LogP contribution in [0.1, 0.15) is 12.0 Å². The Hall–Kier alpha value is -2.36. The van der Waals surface area contributed by atoms with E-state index in [1.807, 2.05) is 0 Å². The largest absolute Gasteiger partial charge is 0.423 e. The highest BCUT2D eigenvalue weighted by Gasteiger charge is 2.38. The second-order valence-corrected chi connectivity index (χ2v) is 5.53. The van der Waals surface area contributed by atoms with E-state index in [2.05, 4.69) is 5.32 Å². The number of alkyl halides is 3. The first-order valence-electron chi connectivity index (χ1n) is 7.14. The highest BCUT2D eigenvalue weighted by Crippen LogP contribution is 2.37. The highest BCUT2D eigenvalue weighted by atomic mass is 19.4. The zero-order valence-electron chi connectivity index (χ0n) is 12.8. The predicted octanol–water partition coefficient (Wildman–Crippen LogP) is 3.11. The molecule has 1 aliphatic heterocycles. The Kier molecular flexibility index (Phi) is 5.27. The van der Waals surface area contributed by atoms with Gasteiger partial charge in [0.25, 0.3) is 5.69 Å². The van der Waals surface area contributed by atoms with Crippen LogP contribution in [0, 0.1) is 16.0 Å². The van der Waals surface area contributed by atoms with E-state index in [0.717, 1.165) is 18.6 Å². The molecule has 0 aromatic heterocycles. The molecule has 1 aromatic carbocycles. The zero-order chi connectivity index (χ0) is 17.9. The molecule has 0 unspecified atom stereocenters. The summed E-state index contributed by atoms with van der Waals surface area (Å²) in [5, 5.41) is 13.0. The molecule has 1 fully saturated rings. The van der Waals surface area contributed by atoms with Crippen molar-refractivity contribution in [3.8, 4) is 0 Å². The number of nitro groups is 1. The number of amides is 2. The minimum atomic E-state index is -4.89. The number of nitrogens with zero attached hydrogens (tertiary/aromatic N) is 2. The summed E-state index contributed by atoms with van der Waals surface area (Å²) in [6.07, 6.45) is -4.08. The van der Waals surface area contributed by atoms with Crippen LogP contribution in [0.5, 0.6) is 0 Å². The van der Waals surface area contributed by atoms with Crippen LogP contribution in [0.15, 0.2) is 18.2 Å². The van der Waals surface area contributed by atoms with Gasteiger partial charge in [0, 0.05) is 37.9 Å². The lowest BCUT2D eigenvalue weighted by Crippen LogP contribution is -2.35. The molecule has 2 rings (SSSR count). The number of urea groups is 1. The maximum Gasteiger partial charge on any atom is 0.423 e. The van der Waals surface area contributed by atoms with Gasteiger partial charge in [0.2, 0.25) is 0 Å². The van der Waals surface area contributed by atoms with Crippen LogP contribution in [0.3, 0.4) is 0 Å². The van der Waals surface area contributed by atoms with Gasteiger partial charge in [-0.05, 0) is 18.6 Å². The normalized spacial score (nSPS) is 17.6. The first-order chi connectivity index (χ1) is 11.2. The van der Waals surface area contributed by atoms with Crippen LogP contribution in [0.4, 0.5) is 29.3 Å². The average Bonchev–Trinajstić information content (AvgIpc) is 2.98. The number of rotatable bonds is 4. The van der Waals surface area contributed by atoms with E-state index in [-0.39, 0.29) is 11.6 Å². The third-order valence-electron chi connectivity index (χ3n) is 3.65. The lowest BCUT2D eigenvalue weighted by atomic mass is 10.1. The van der Waals surface area contributed by atoms with Gasteiger partial charge < -0.3 is 15.0 Å². The van der Waals surface area contributed by atoms with E-state index >= 15 is 0 Å². The Morgan fingerprint density at radius 1 is 1.50 bits per heavy atom. The number of anilines is 1. The summed E-state index contributed by atoms with van der Waals surface area (Å²) in [4.78, 5) is 23.0. The molecule has 1 atom stereocenters. The van der Waals surface area contributed by atoms with Crippen molar-refractivity contribution in [2.24, 2.45) is 5.92 Å². The summed E-state index contributed by atoms with van der Waals surface area (Å²) in [5.74, 6) is 0.184. The number of halogens is 3. The molecule has 1 aliphatic rings. The van der Waals surface area contributed by atoms with Gasteiger partial charge in [-0.25, -0.2) is 4.79 Å². The van der Waals surface area contributed by atoms with Crippen LogP contribution in [0.25, 0.3) is 0 Å². The summed E-state index contributed by atoms with van der Waals surface area (Å²) in [5.41, 5.74) is -2.62. The van der Waals surface area contributed by atoms with E-state index in [9.17, 15) is 28.1 Å². The molecule has 0 radical (unpaired) electrons. The second kappa shape index (κ2) is 7.04. The molecule has 1 heterocycles. The number of carbonyl (C=O) groups is 1. The number of hydrogen-bond donors (Lipinski definition) is 1. The molecule has 0 bridgehead atoms. The van der Waals surface area contributed by atoms with Crippen LogP contribution < -0.4 is 5.32 Å². The molecule has 0 aliphatic carbocycles. The number of benzene rings is 1. The van der Waals surface area contributed by atoms with E-state index in [0.29, 0.717) is 25.8 Å². The molecule has 7 nitrogen and oxygen atoms in total. The molecule has 132 valence electrons. The van der Waals surface area contributed by atoms with E-state index in [1.165, 1.54) is 11.9 Å². The van der Waals surface area contributed by atoms with Crippen molar-refractivity contribution < 1.29 is 27.6 Å². The van der Waals surface area contributed by atoms with Gasteiger partial charge in [-0.3, -0.25) is 10.1 Å². The van der Waals surface area contributed by atoms with Gasteiger partial charge in [-0.1, -0.05) is 0 Å². The first-order valence-corrected chi connectivity index (χ1v) is 7.14. The third-order valence-corrected chi connectivity index (χ3v) is 3.65. The predicted molar refractivity (Wildman–Crippen MR) is 78.7 cm³/mol. The monoisotopic (exact) mass is 347 g/mol. The topological polar surface area (TPSA) is 84.7 Å². The smallest absolute Gasteiger partial charge is 0.381 e. The SMILES string of the molecule is CN(C[C@@H]1CCOC1)C(=O)Nc1ccc([N+](=O)[O-])c(C(F)(F)F)c1. The Bertz CT molecular complexity index is 630. The summed E-state index contributed by atoms with van der Waals surface area (Å²) in [6.45, 7) is 1.57. The van der Waals surface area contributed by atoms with Crippen molar-refractivity contribution in [2.75, 3.05) is 32.1 Å². The number of hydrogen-bond acceptors (Lipinski definition) is 4. The fourth-order valence-corrected chi connectivity index (χ4v) is 2.42. The van der Waals surface area contributed by atoms with Crippen LogP contribution in [-0.2, 0) is 10.9 Å². The first kappa shape index (κ1) is 18.0. The minimum Gasteiger partial charge on any atom is -0.381 e. The third kappa shape index (κ3) is 4.34. The molecule has 1 N–H and O–H groups in total. The maximum atomic E-state index is 12.9. The van der Waals surface area contributed by atoms with Gasteiger partial charge in [0.05, 0.1) is 11.5 Å². The fourth-order valence-electron chi connectivity index (χ4n) is 2.42. The number of nitro benzene ring substituents is 1. The zero-order valence-corrected chi connectivity index (χ0v) is 12.8. The summed E-state index contributed by atoms with van der Waals surface area (Å²) in [6, 6.07) is 1.76. The van der Waals surface area contributed by atoms with Crippen LogP contribution in [-0.4, -0.2) is 42.7 Å². The van der Waals surface area contributed by atoms with E-state index in [1.54, 1.807) is 0 Å². The van der Waals surface area contributed by atoms with Crippen LogP contribution >= 0.6 is 0 Å². The lowest BCUT2D eigenvalue weighted by Gasteiger charge is -2.21. The number of nitrogens with one attached hydrogen (secondary N) is 1. The lowest BCUT2D eigenvalue weighted by molar-refractivity contribution is -0.388. The molecular weight excluding hydrogens is 331 g/mol. The van der Waals surface area contributed by atoms with E-state index in [4.69, 9.17) is 4.74 Å². The number of ether oxygens (including phenoxy) is 1. The van der Waals surface area contributed by atoms with Crippen molar-refractivity contribution >= 4 is 17.4 Å². The number of carbonyl (C=O) groups excluding carboxylic acids is 1. The Labute approximate surface area is 135 Å². The molecule has 10 heteroatoms. The molecule has 0 saturated carbocycles.